The van der Waals surface area contributed by atoms with Gasteiger partial charge < -0.3 is 9.64 Å². The molecule has 0 bridgehead atoms. The van der Waals surface area contributed by atoms with Crippen molar-refractivity contribution in [1.29, 1.82) is 0 Å². The average Bonchev–Trinajstić information content (AvgIpc) is 3.03. The van der Waals surface area contributed by atoms with Gasteiger partial charge in [0.1, 0.15) is 0 Å². The highest BCUT2D eigenvalue weighted by atomic mass is 32.1. The quantitative estimate of drug-likeness (QED) is 0.781. The van der Waals surface area contributed by atoms with E-state index in [1.54, 1.807) is 0 Å². The number of hydrogen-bond acceptors (Lipinski definition) is 6. The van der Waals surface area contributed by atoms with E-state index in [9.17, 15) is 0 Å². The number of nitrogens with zero attached hydrogens (tertiary/aromatic N) is 4. The summed E-state index contributed by atoms with van der Waals surface area (Å²) in [5, 5.41) is 6.22. The van der Waals surface area contributed by atoms with Crippen LogP contribution in [-0.2, 0) is 11.3 Å². The smallest absolute Gasteiger partial charge is 0.0895 e. The van der Waals surface area contributed by atoms with Crippen LogP contribution in [0.5, 0.6) is 0 Å². The Morgan fingerprint density at radius 1 is 1.47 bits per heavy atom. The van der Waals surface area contributed by atoms with Gasteiger partial charge in [0, 0.05) is 38.1 Å². The summed E-state index contributed by atoms with van der Waals surface area (Å²) in [5.41, 5.74) is 1.09. The van der Waals surface area contributed by atoms with Crippen molar-refractivity contribution in [2.45, 2.75) is 25.5 Å². The first-order valence-corrected chi connectivity index (χ1v) is 7.91. The van der Waals surface area contributed by atoms with Crippen LogP contribution in [0, 0.1) is 5.92 Å². The van der Waals surface area contributed by atoms with E-state index in [4.69, 9.17) is 4.74 Å². The van der Waals surface area contributed by atoms with Crippen LogP contribution in [0.15, 0.2) is 5.38 Å². The molecule has 106 valence electrons. The number of morpholine rings is 1. The van der Waals surface area contributed by atoms with E-state index in [0.29, 0.717) is 6.10 Å². The van der Waals surface area contributed by atoms with Crippen LogP contribution >= 0.6 is 11.5 Å². The first-order valence-electron chi connectivity index (χ1n) is 7.08. The topological polar surface area (TPSA) is 41.5 Å². The molecule has 1 aliphatic carbocycles. The van der Waals surface area contributed by atoms with Gasteiger partial charge in [0.25, 0.3) is 0 Å². The predicted molar refractivity (Wildman–Crippen MR) is 75.1 cm³/mol. The summed E-state index contributed by atoms with van der Waals surface area (Å²) in [4.78, 5) is 4.85. The molecule has 2 fully saturated rings. The van der Waals surface area contributed by atoms with Crippen LogP contribution < -0.4 is 0 Å². The first kappa shape index (κ1) is 13.4. The van der Waals surface area contributed by atoms with Gasteiger partial charge >= 0.3 is 0 Å². The van der Waals surface area contributed by atoms with E-state index in [1.165, 1.54) is 30.9 Å². The van der Waals surface area contributed by atoms with Crippen molar-refractivity contribution in [2.24, 2.45) is 5.92 Å². The summed E-state index contributed by atoms with van der Waals surface area (Å²) in [6.07, 6.45) is 3.11. The molecule has 1 saturated carbocycles. The minimum atomic E-state index is 0.337. The van der Waals surface area contributed by atoms with Crippen molar-refractivity contribution in [3.8, 4) is 0 Å². The molecule has 1 aliphatic heterocycles. The van der Waals surface area contributed by atoms with E-state index in [-0.39, 0.29) is 0 Å². The fourth-order valence-corrected chi connectivity index (χ4v) is 3.06. The van der Waals surface area contributed by atoms with Gasteiger partial charge in [-0.3, -0.25) is 4.90 Å². The van der Waals surface area contributed by atoms with Gasteiger partial charge in [-0.25, -0.2) is 0 Å². The van der Waals surface area contributed by atoms with Crippen LogP contribution in [0.1, 0.15) is 18.5 Å². The lowest BCUT2D eigenvalue weighted by Gasteiger charge is -2.33. The Kier molecular flexibility index (Phi) is 4.42. The summed E-state index contributed by atoms with van der Waals surface area (Å²) in [6, 6.07) is 0. The van der Waals surface area contributed by atoms with Crippen LogP contribution in [-0.4, -0.2) is 65.3 Å². The van der Waals surface area contributed by atoms with E-state index >= 15 is 0 Å². The van der Waals surface area contributed by atoms with Crippen LogP contribution in [0.3, 0.4) is 0 Å². The summed E-state index contributed by atoms with van der Waals surface area (Å²) in [5.74, 6) is 0.896. The Labute approximate surface area is 118 Å². The minimum Gasteiger partial charge on any atom is -0.374 e. The van der Waals surface area contributed by atoms with Gasteiger partial charge in [0.05, 0.1) is 18.4 Å². The van der Waals surface area contributed by atoms with E-state index in [0.717, 1.165) is 44.4 Å². The maximum absolute atomic E-state index is 5.88. The van der Waals surface area contributed by atoms with Gasteiger partial charge in [-0.2, -0.15) is 0 Å². The molecule has 5 nitrogen and oxygen atoms in total. The third kappa shape index (κ3) is 4.21. The molecule has 1 aromatic rings. The molecule has 0 unspecified atom stereocenters. The second-order valence-corrected chi connectivity index (χ2v) is 6.40. The average molecular weight is 282 g/mol. The third-order valence-electron chi connectivity index (χ3n) is 3.81. The molecule has 1 aromatic heterocycles. The zero-order chi connectivity index (χ0) is 13.1. The number of aromatic nitrogens is 2. The summed E-state index contributed by atoms with van der Waals surface area (Å²) < 4.78 is 9.84. The molecular weight excluding hydrogens is 260 g/mol. The Morgan fingerprint density at radius 3 is 3.05 bits per heavy atom. The SMILES string of the molecule is CN1CCO[C@@H](CN(Cc2csnn2)CC2CC2)C1. The lowest BCUT2D eigenvalue weighted by molar-refractivity contribution is -0.0374. The van der Waals surface area contributed by atoms with Gasteiger partial charge in [0.2, 0.25) is 0 Å². The van der Waals surface area contributed by atoms with Gasteiger partial charge in [-0.1, -0.05) is 4.49 Å². The molecule has 2 aliphatic rings. The second-order valence-electron chi connectivity index (χ2n) is 5.79. The molecular formula is C13H22N4OS. The van der Waals surface area contributed by atoms with Crippen molar-refractivity contribution in [1.82, 2.24) is 19.4 Å². The minimum absolute atomic E-state index is 0.337. The highest BCUT2D eigenvalue weighted by Gasteiger charge is 2.27. The third-order valence-corrected chi connectivity index (χ3v) is 4.36. The molecule has 19 heavy (non-hydrogen) atoms. The number of ether oxygens (including phenoxy) is 1. The monoisotopic (exact) mass is 282 g/mol. The van der Waals surface area contributed by atoms with Crippen LogP contribution in [0.25, 0.3) is 0 Å². The molecule has 3 rings (SSSR count). The maximum atomic E-state index is 5.88. The summed E-state index contributed by atoms with van der Waals surface area (Å²) >= 11 is 1.44. The Balaban J connectivity index is 1.55. The molecule has 0 aromatic carbocycles. The lowest BCUT2D eigenvalue weighted by atomic mass is 10.2. The Hall–Kier alpha value is -0.560. The summed E-state index contributed by atoms with van der Waals surface area (Å²) in [7, 11) is 2.17. The van der Waals surface area contributed by atoms with E-state index < -0.39 is 0 Å². The molecule has 0 spiro atoms. The van der Waals surface area contributed by atoms with Gasteiger partial charge in [0.15, 0.2) is 0 Å². The van der Waals surface area contributed by atoms with Crippen molar-refractivity contribution < 1.29 is 4.74 Å². The highest BCUT2D eigenvalue weighted by molar-refractivity contribution is 7.03. The number of likely N-dealkylation sites (N-methyl/N-ethyl adjacent to an activating group) is 1. The predicted octanol–water partition coefficient (Wildman–Crippen LogP) is 1.08. The van der Waals surface area contributed by atoms with E-state index in [2.05, 4.69) is 26.4 Å². The zero-order valence-corrected chi connectivity index (χ0v) is 12.3. The molecule has 1 saturated heterocycles. The van der Waals surface area contributed by atoms with Gasteiger partial charge in [-0.15, -0.1) is 5.10 Å². The van der Waals surface area contributed by atoms with E-state index in [1.807, 2.05) is 5.38 Å². The highest BCUT2D eigenvalue weighted by Crippen LogP contribution is 2.30. The number of rotatable bonds is 6. The van der Waals surface area contributed by atoms with Gasteiger partial charge in [-0.05, 0) is 37.3 Å². The molecule has 2 heterocycles. The zero-order valence-electron chi connectivity index (χ0n) is 11.5. The molecule has 0 radical (unpaired) electrons. The summed E-state index contributed by atoms with van der Waals surface area (Å²) in [6.45, 7) is 6.05. The number of hydrogen-bond donors (Lipinski definition) is 0. The van der Waals surface area contributed by atoms with Crippen molar-refractivity contribution in [2.75, 3.05) is 39.8 Å². The van der Waals surface area contributed by atoms with Crippen molar-refractivity contribution in [3.05, 3.63) is 11.1 Å². The Bertz CT molecular complexity index is 382. The molecule has 0 amide bonds. The molecule has 1 atom stereocenters. The normalized spacial score (nSPS) is 25.1. The van der Waals surface area contributed by atoms with Crippen molar-refractivity contribution in [3.63, 3.8) is 0 Å². The molecule has 6 heteroatoms. The van der Waals surface area contributed by atoms with Crippen LogP contribution in [0.4, 0.5) is 0 Å². The first-order chi connectivity index (χ1) is 9.29. The van der Waals surface area contributed by atoms with Crippen molar-refractivity contribution >= 4 is 11.5 Å². The molecule has 0 N–H and O–H groups in total. The maximum Gasteiger partial charge on any atom is 0.0895 e. The fraction of sp³-hybridized carbons (Fsp3) is 0.846. The Morgan fingerprint density at radius 2 is 2.37 bits per heavy atom. The lowest BCUT2D eigenvalue weighted by Crippen LogP contribution is -2.46. The second kappa shape index (κ2) is 6.26. The van der Waals surface area contributed by atoms with Crippen LogP contribution in [0.2, 0.25) is 0 Å². The largest absolute Gasteiger partial charge is 0.374 e. The standard InChI is InChI=1S/C13H22N4OS/c1-16-4-5-18-13(8-16)9-17(6-11-2-3-11)7-12-10-19-15-14-12/h10-11,13H,2-9H2,1H3/t13-/m1/s1. The fourth-order valence-electron chi connectivity index (χ4n) is 2.62.